The fourth-order valence-corrected chi connectivity index (χ4v) is 19.4. The van der Waals surface area contributed by atoms with Gasteiger partial charge in [-0.3, -0.25) is 0 Å². The highest BCUT2D eigenvalue weighted by molar-refractivity contribution is 5.73. The van der Waals surface area contributed by atoms with Gasteiger partial charge >= 0.3 is 5.97 Å². The van der Waals surface area contributed by atoms with E-state index in [9.17, 15) is 76.3 Å². The highest BCUT2D eigenvalue weighted by Crippen LogP contribution is 2.80. The topological polar surface area (TPSA) is 402 Å². The minimum absolute atomic E-state index is 0.118. The highest BCUT2D eigenvalue weighted by Gasteiger charge is 2.80. The van der Waals surface area contributed by atoms with Gasteiger partial charge in [0, 0.05) is 10.8 Å². The molecule has 14 N–H and O–H groups in total. The molecule has 11 rings (SSSR count). The van der Waals surface area contributed by atoms with Gasteiger partial charge in [0.2, 0.25) is 0 Å². The number of carbonyl (C=O) groups is 1. The molecule has 5 saturated carbocycles. The zero-order valence-corrected chi connectivity index (χ0v) is 51.0. The summed E-state index contributed by atoms with van der Waals surface area (Å²) in [4.78, 5) is 13.2. The van der Waals surface area contributed by atoms with Gasteiger partial charge in [-0.15, -0.1) is 0 Å². The van der Waals surface area contributed by atoms with Gasteiger partial charge in [0.1, 0.15) is 97.7 Å². The zero-order valence-electron chi connectivity index (χ0n) is 51.0. The van der Waals surface area contributed by atoms with Crippen LogP contribution in [0.15, 0.2) is 0 Å². The molecule has 5 aliphatic carbocycles. The molecule has 6 aliphatic heterocycles. The first-order valence-corrected chi connectivity index (χ1v) is 31.3. The van der Waals surface area contributed by atoms with E-state index in [0.717, 1.165) is 51.4 Å². The van der Waals surface area contributed by atoms with Crippen LogP contribution < -0.4 is 0 Å². The maximum atomic E-state index is 13.2. The lowest BCUT2D eigenvalue weighted by Crippen LogP contribution is -2.74. The quantitative estimate of drug-likeness (QED) is 0.100. The number of aliphatic hydroxyl groups is 13. The number of rotatable bonds is 12. The fraction of sp³-hybridized carbons (Fsp3) is 0.983. The normalized spacial score (nSPS) is 57.7. The molecule has 0 aromatic rings. The number of ether oxygens (including phenoxy) is 11. The Morgan fingerprint density at radius 1 is 0.477 bits per heavy atom. The minimum Gasteiger partial charge on any atom is -0.479 e. The molecule has 494 valence electrons. The second-order valence-electron chi connectivity index (χ2n) is 29.9. The van der Waals surface area contributed by atoms with E-state index in [0.29, 0.717) is 25.4 Å². The zero-order chi connectivity index (χ0) is 62.7. The van der Waals surface area contributed by atoms with Gasteiger partial charge in [0.15, 0.2) is 37.6 Å². The van der Waals surface area contributed by atoms with Crippen molar-refractivity contribution < 1.29 is 128 Å². The van der Waals surface area contributed by atoms with E-state index < -0.39 is 184 Å². The van der Waals surface area contributed by atoms with Crippen LogP contribution in [0, 0.1) is 50.2 Å². The molecule has 0 radical (unpaired) electrons. The number of carboxylic acids is 1. The molecule has 6 heterocycles. The van der Waals surface area contributed by atoms with Gasteiger partial charge in [-0.1, -0.05) is 48.5 Å². The predicted octanol–water partition coefficient (Wildman–Crippen LogP) is -1.35. The van der Waals surface area contributed by atoms with Gasteiger partial charge in [-0.2, -0.15) is 0 Å². The average molecular weight is 1240 g/mol. The lowest BCUT2D eigenvalue weighted by molar-refractivity contribution is -0.396. The maximum Gasteiger partial charge on any atom is 0.335 e. The summed E-state index contributed by atoms with van der Waals surface area (Å²) >= 11 is 0. The Morgan fingerprint density at radius 3 is 1.57 bits per heavy atom. The molecule has 26 heteroatoms. The van der Waals surface area contributed by atoms with Crippen LogP contribution in [0.2, 0.25) is 0 Å². The van der Waals surface area contributed by atoms with Crippen molar-refractivity contribution in [3.63, 3.8) is 0 Å². The predicted molar refractivity (Wildman–Crippen MR) is 291 cm³/mol. The smallest absolute Gasteiger partial charge is 0.335 e. The van der Waals surface area contributed by atoms with Crippen LogP contribution in [0.1, 0.15) is 133 Å². The van der Waals surface area contributed by atoms with Crippen LogP contribution in [0.5, 0.6) is 0 Å². The molecule has 11 aliphatic rings. The Balaban J connectivity index is 0.746. The molecule has 0 amide bonds. The molecule has 0 aromatic carbocycles. The lowest BCUT2D eigenvalue weighted by atomic mass is 9.30. The van der Waals surface area contributed by atoms with Crippen molar-refractivity contribution in [2.45, 2.75) is 305 Å². The molecular formula is C60H98O26. The van der Waals surface area contributed by atoms with E-state index in [1.807, 2.05) is 0 Å². The van der Waals surface area contributed by atoms with Crippen molar-refractivity contribution in [1.82, 2.24) is 0 Å². The van der Waals surface area contributed by atoms with Crippen LogP contribution in [0.4, 0.5) is 0 Å². The van der Waals surface area contributed by atoms with Gasteiger partial charge < -0.3 is 124 Å². The second-order valence-corrected chi connectivity index (χ2v) is 29.9. The SMILES string of the molecule is C[C@@H]1O[C@H](O[C@@H]2[C@@H](O)[C@H](O)[C@@H](O[C@@H]3[C@@H](O)[C@H](O)[C@@H](O[C@@H]4[C@@H](O[C@@H]5[C@@H](O)[C@H](O)[C@@H](O[C@H]6CC[C@]7(C)[C@@H](CC[C@@]8(C)[C@H]7CC[C@@]79OC[C@]%10(CCC(C)(C)C[C@@H]%107)[C@H](O)C[C@]89C)C6(C)C)O[C@H]5C(=O)O)O[C@@H](CO)[C@H](O)[C@H]4O)O[C@H]3C)O[C@H]2C)[C@@H](O)[C@H](O)[C@H]1O. The first-order valence-electron chi connectivity index (χ1n) is 31.3. The molecular weight excluding hydrogens is 1140 g/mol. The second kappa shape index (κ2) is 23.2. The molecule has 35 atom stereocenters. The summed E-state index contributed by atoms with van der Waals surface area (Å²) in [6.07, 6.45) is -35.4. The average Bonchev–Trinajstić information content (AvgIpc) is 1.28. The largest absolute Gasteiger partial charge is 0.479 e. The van der Waals surface area contributed by atoms with E-state index in [1.165, 1.54) is 20.8 Å². The van der Waals surface area contributed by atoms with Gasteiger partial charge in [0.25, 0.3) is 0 Å². The Bertz CT molecular complexity index is 2420. The first kappa shape index (κ1) is 66.0. The molecule has 6 saturated heterocycles. The Labute approximate surface area is 501 Å². The maximum absolute atomic E-state index is 13.2. The van der Waals surface area contributed by atoms with Crippen molar-refractivity contribution in [3.8, 4) is 0 Å². The first-order chi connectivity index (χ1) is 40.1. The van der Waals surface area contributed by atoms with Crippen molar-refractivity contribution in [2.24, 2.45) is 50.2 Å². The van der Waals surface area contributed by atoms with Crippen molar-refractivity contribution >= 4 is 5.97 Å². The summed E-state index contributed by atoms with van der Waals surface area (Å²) in [6, 6.07) is 0. The number of fused-ring (bicyclic) bond motifs is 4. The van der Waals surface area contributed by atoms with Crippen molar-refractivity contribution in [3.05, 3.63) is 0 Å². The molecule has 1 spiro atoms. The van der Waals surface area contributed by atoms with Crippen molar-refractivity contribution in [1.29, 1.82) is 0 Å². The Hall–Kier alpha value is -1.49. The van der Waals surface area contributed by atoms with E-state index in [-0.39, 0.29) is 44.5 Å². The fourth-order valence-electron chi connectivity index (χ4n) is 19.4. The molecule has 2 bridgehead atoms. The van der Waals surface area contributed by atoms with E-state index in [2.05, 4.69) is 48.5 Å². The van der Waals surface area contributed by atoms with Crippen molar-refractivity contribution in [2.75, 3.05) is 13.2 Å². The molecule has 0 unspecified atom stereocenters. The molecule has 86 heavy (non-hydrogen) atoms. The van der Waals surface area contributed by atoms with Crippen LogP contribution in [0.25, 0.3) is 0 Å². The third kappa shape index (κ3) is 10.1. The van der Waals surface area contributed by atoms with E-state index in [4.69, 9.17) is 52.1 Å². The molecule has 11 fully saturated rings. The third-order valence-corrected chi connectivity index (χ3v) is 24.6. The Morgan fingerprint density at radius 2 is 0.988 bits per heavy atom. The number of hydrogen-bond donors (Lipinski definition) is 14. The minimum atomic E-state index is -2.06. The van der Waals surface area contributed by atoms with Crippen LogP contribution >= 0.6 is 0 Å². The van der Waals surface area contributed by atoms with E-state index in [1.54, 1.807) is 0 Å². The summed E-state index contributed by atoms with van der Waals surface area (Å²) in [5, 5.41) is 156. The number of aliphatic carboxylic acids is 1. The van der Waals surface area contributed by atoms with Crippen LogP contribution in [-0.4, -0.2) is 262 Å². The summed E-state index contributed by atoms with van der Waals surface area (Å²) in [6.45, 7) is 20.2. The summed E-state index contributed by atoms with van der Waals surface area (Å²) < 4.78 is 66.7. The number of hydrogen-bond acceptors (Lipinski definition) is 25. The van der Waals surface area contributed by atoms with Crippen LogP contribution in [0.3, 0.4) is 0 Å². The van der Waals surface area contributed by atoms with Crippen LogP contribution in [-0.2, 0) is 56.9 Å². The van der Waals surface area contributed by atoms with Gasteiger partial charge in [-0.25, -0.2) is 4.79 Å². The number of carboxylic acid groups (broad SMARTS) is 1. The standard InChI is InChI=1S/C60H98O26/c1-23-32(63)34(65)39(70)49(77-23)82-43-24(2)78-50(40(71)36(43)67)83-44-25(3)79-51(41(72)37(44)68)85-46-35(66)33(64)26(21-61)80-53(46)84-45-38(69)42(73)52(86-47(45)48(74)75)81-31-13-14-56(8)27(55(31,6)7)11-15-57(9)28(56)12-16-60-29-19-54(4,5)17-18-59(29,22-76-60)30(62)20-58(57,60)10/h23-47,49-53,61-73H,11-22H2,1-10H3,(H,74,75)/t23-,24-,25-,26-,27-,28-,29-,30+,31-,32-,33-,34+,35+,36-,37-,38-,39-,40-,41-,42-,43-,44-,45+,46-,47+,49+,50+,51+,52-,53+,56+,57-,58+,59-,60+/m0/s1. The van der Waals surface area contributed by atoms with Gasteiger partial charge in [0.05, 0.1) is 49.3 Å². The summed E-state index contributed by atoms with van der Waals surface area (Å²) in [7, 11) is 0. The Kier molecular flexibility index (Phi) is 17.8. The van der Waals surface area contributed by atoms with Gasteiger partial charge in [-0.05, 0) is 124 Å². The molecule has 0 aromatic heterocycles. The summed E-state index contributed by atoms with van der Waals surface area (Å²) in [5.41, 5.74) is -1.53. The summed E-state index contributed by atoms with van der Waals surface area (Å²) in [5.74, 6) is -0.953. The molecule has 26 nitrogen and oxygen atoms in total. The van der Waals surface area contributed by atoms with E-state index >= 15 is 0 Å². The number of aliphatic hydroxyl groups excluding tert-OH is 13. The highest BCUT2D eigenvalue weighted by atomic mass is 16.8. The monoisotopic (exact) mass is 1230 g/mol. The lowest BCUT2D eigenvalue weighted by Gasteiger charge is -2.75. The third-order valence-electron chi connectivity index (χ3n) is 24.6.